The van der Waals surface area contributed by atoms with E-state index in [0.29, 0.717) is 19.4 Å². The highest BCUT2D eigenvalue weighted by atomic mass is 19.4. The molecule has 27 heavy (non-hydrogen) atoms. The Labute approximate surface area is 154 Å². The van der Waals surface area contributed by atoms with Crippen LogP contribution in [0.4, 0.5) is 18.0 Å². The topological polar surface area (TPSA) is 68.5 Å². The summed E-state index contributed by atoms with van der Waals surface area (Å²) >= 11 is 0. The summed E-state index contributed by atoms with van der Waals surface area (Å²) < 4.78 is 50.2. The number of rotatable bonds is 2. The Morgan fingerprint density at radius 1 is 1.26 bits per heavy atom. The van der Waals surface area contributed by atoms with Crippen molar-refractivity contribution in [2.24, 2.45) is 0 Å². The molecule has 0 bridgehead atoms. The number of hydrogen-bond acceptors (Lipinski definition) is 5. The zero-order valence-electron chi connectivity index (χ0n) is 15.2. The molecule has 6 nitrogen and oxygen atoms in total. The maximum Gasteiger partial charge on any atom is 0.417 e. The predicted octanol–water partition coefficient (Wildman–Crippen LogP) is 4.83. The molecule has 0 aliphatic carbocycles. The second kappa shape index (κ2) is 6.86. The molecule has 1 saturated heterocycles. The quantitative estimate of drug-likeness (QED) is 0.743. The highest BCUT2D eigenvalue weighted by Crippen LogP contribution is 2.37. The SMILES string of the molecule is CC(C)(C)OC(=O)N1CCCC1c1nc(-c2ccccc2C(F)(F)F)no1. The van der Waals surface area contributed by atoms with Gasteiger partial charge in [0, 0.05) is 12.1 Å². The zero-order chi connectivity index (χ0) is 19.8. The number of amides is 1. The highest BCUT2D eigenvalue weighted by Gasteiger charge is 2.38. The van der Waals surface area contributed by atoms with Gasteiger partial charge in [-0.1, -0.05) is 23.4 Å². The van der Waals surface area contributed by atoms with Crippen molar-refractivity contribution in [3.63, 3.8) is 0 Å². The third-order valence-electron chi connectivity index (χ3n) is 4.08. The lowest BCUT2D eigenvalue weighted by atomic mass is 10.1. The van der Waals surface area contributed by atoms with E-state index < -0.39 is 29.5 Å². The van der Waals surface area contributed by atoms with Crippen molar-refractivity contribution in [1.29, 1.82) is 0 Å². The van der Waals surface area contributed by atoms with Crippen LogP contribution in [0.25, 0.3) is 11.4 Å². The van der Waals surface area contributed by atoms with Crippen molar-refractivity contribution in [3.05, 3.63) is 35.7 Å². The third kappa shape index (κ3) is 4.23. The standard InChI is InChI=1S/C18H20F3N3O3/c1-17(2,3)26-16(25)24-10-6-9-13(24)15-22-14(23-27-15)11-7-4-5-8-12(11)18(19,20)21/h4-5,7-8,13H,6,9-10H2,1-3H3. The first-order valence-electron chi connectivity index (χ1n) is 8.56. The Kier molecular flexibility index (Phi) is 4.88. The Morgan fingerprint density at radius 2 is 1.96 bits per heavy atom. The van der Waals surface area contributed by atoms with Crippen LogP contribution in [0.3, 0.4) is 0 Å². The van der Waals surface area contributed by atoms with Crippen molar-refractivity contribution in [3.8, 4) is 11.4 Å². The number of alkyl halides is 3. The molecule has 9 heteroatoms. The van der Waals surface area contributed by atoms with E-state index in [4.69, 9.17) is 9.26 Å². The molecule has 0 N–H and O–H groups in total. The largest absolute Gasteiger partial charge is 0.444 e. The summed E-state index contributed by atoms with van der Waals surface area (Å²) in [6, 6.07) is 4.52. The van der Waals surface area contributed by atoms with Gasteiger partial charge in [0.2, 0.25) is 11.7 Å². The monoisotopic (exact) mass is 383 g/mol. The molecule has 1 fully saturated rings. The van der Waals surface area contributed by atoms with Crippen molar-refractivity contribution >= 4 is 6.09 Å². The van der Waals surface area contributed by atoms with Crippen LogP contribution in [0.1, 0.15) is 51.1 Å². The summed E-state index contributed by atoms with van der Waals surface area (Å²) in [7, 11) is 0. The van der Waals surface area contributed by atoms with Crippen molar-refractivity contribution in [1.82, 2.24) is 15.0 Å². The van der Waals surface area contributed by atoms with Gasteiger partial charge in [-0.3, -0.25) is 4.90 Å². The molecule has 0 radical (unpaired) electrons. The summed E-state index contributed by atoms with van der Waals surface area (Å²) in [6.07, 6.45) is -3.77. The lowest BCUT2D eigenvalue weighted by Gasteiger charge is -2.26. The van der Waals surface area contributed by atoms with Gasteiger partial charge in [0.25, 0.3) is 0 Å². The van der Waals surface area contributed by atoms with E-state index >= 15 is 0 Å². The van der Waals surface area contributed by atoms with Gasteiger partial charge in [0.15, 0.2) is 0 Å². The van der Waals surface area contributed by atoms with Gasteiger partial charge < -0.3 is 9.26 Å². The van der Waals surface area contributed by atoms with Crippen LogP contribution in [0, 0.1) is 0 Å². The molecule has 1 aliphatic rings. The number of aromatic nitrogens is 2. The number of likely N-dealkylation sites (tertiary alicyclic amines) is 1. The van der Waals surface area contributed by atoms with Gasteiger partial charge in [-0.25, -0.2) is 4.79 Å². The maximum absolute atomic E-state index is 13.2. The fraction of sp³-hybridized carbons (Fsp3) is 0.500. The molecule has 1 aromatic carbocycles. The third-order valence-corrected chi connectivity index (χ3v) is 4.08. The number of nitrogens with zero attached hydrogens (tertiary/aromatic N) is 3. The van der Waals surface area contributed by atoms with Gasteiger partial charge in [0.05, 0.1) is 5.56 Å². The van der Waals surface area contributed by atoms with E-state index in [1.54, 1.807) is 20.8 Å². The maximum atomic E-state index is 13.2. The predicted molar refractivity (Wildman–Crippen MR) is 89.7 cm³/mol. The van der Waals surface area contributed by atoms with E-state index in [-0.39, 0.29) is 17.3 Å². The van der Waals surface area contributed by atoms with Crippen LogP contribution >= 0.6 is 0 Å². The van der Waals surface area contributed by atoms with Gasteiger partial charge in [-0.15, -0.1) is 0 Å². The van der Waals surface area contributed by atoms with Gasteiger partial charge in [0.1, 0.15) is 11.6 Å². The Hall–Kier alpha value is -2.58. The molecule has 3 rings (SSSR count). The number of carbonyl (C=O) groups is 1. The Morgan fingerprint density at radius 3 is 2.63 bits per heavy atom. The van der Waals surface area contributed by atoms with Gasteiger partial charge in [-0.05, 0) is 39.7 Å². The van der Waals surface area contributed by atoms with Gasteiger partial charge in [-0.2, -0.15) is 18.2 Å². The molecule has 2 heterocycles. The van der Waals surface area contributed by atoms with Crippen LogP contribution in [0.15, 0.2) is 28.8 Å². The van der Waals surface area contributed by atoms with Crippen molar-refractivity contribution in [2.75, 3.05) is 6.54 Å². The van der Waals surface area contributed by atoms with Gasteiger partial charge >= 0.3 is 12.3 Å². The lowest BCUT2D eigenvalue weighted by molar-refractivity contribution is -0.137. The molecule has 1 aromatic heterocycles. The second-order valence-corrected chi connectivity index (χ2v) is 7.33. The summed E-state index contributed by atoms with van der Waals surface area (Å²) in [4.78, 5) is 18.0. The lowest BCUT2D eigenvalue weighted by Crippen LogP contribution is -2.36. The Bertz CT molecular complexity index is 827. The average Bonchev–Trinajstić information content (AvgIpc) is 3.21. The molecule has 1 aliphatic heterocycles. The molecule has 0 spiro atoms. The van der Waals surface area contributed by atoms with E-state index in [2.05, 4.69) is 10.1 Å². The van der Waals surface area contributed by atoms with E-state index in [1.165, 1.54) is 23.1 Å². The zero-order valence-corrected chi connectivity index (χ0v) is 15.2. The summed E-state index contributed by atoms with van der Waals surface area (Å²) in [6.45, 7) is 5.73. The fourth-order valence-electron chi connectivity index (χ4n) is 2.97. The fourth-order valence-corrected chi connectivity index (χ4v) is 2.97. The highest BCUT2D eigenvalue weighted by molar-refractivity contribution is 5.69. The summed E-state index contributed by atoms with van der Waals surface area (Å²) in [5.41, 5.74) is -1.66. The minimum atomic E-state index is -4.53. The minimum absolute atomic E-state index is 0.102. The van der Waals surface area contributed by atoms with Crippen LogP contribution in [-0.2, 0) is 10.9 Å². The Balaban J connectivity index is 1.87. The smallest absolute Gasteiger partial charge is 0.417 e. The summed E-state index contributed by atoms with van der Waals surface area (Å²) in [5.74, 6) is -0.0562. The van der Waals surface area contributed by atoms with Crippen molar-refractivity contribution in [2.45, 2.75) is 51.4 Å². The molecular formula is C18H20F3N3O3. The van der Waals surface area contributed by atoms with Crippen LogP contribution in [0.2, 0.25) is 0 Å². The van der Waals surface area contributed by atoms with Crippen molar-refractivity contribution < 1.29 is 27.2 Å². The molecule has 2 aromatic rings. The van der Waals surface area contributed by atoms with E-state index in [9.17, 15) is 18.0 Å². The first kappa shape index (κ1) is 19.2. The molecule has 0 saturated carbocycles. The minimum Gasteiger partial charge on any atom is -0.444 e. The molecule has 146 valence electrons. The molecule has 1 amide bonds. The normalized spacial score (nSPS) is 18.0. The number of benzene rings is 1. The van der Waals surface area contributed by atoms with E-state index in [0.717, 1.165) is 6.07 Å². The number of hydrogen-bond donors (Lipinski definition) is 0. The number of halogens is 3. The molecule has 1 atom stereocenters. The van der Waals surface area contributed by atoms with Crippen LogP contribution < -0.4 is 0 Å². The second-order valence-electron chi connectivity index (χ2n) is 7.33. The number of carbonyl (C=O) groups excluding carboxylic acids is 1. The average molecular weight is 383 g/mol. The molecule has 1 unspecified atom stereocenters. The van der Waals surface area contributed by atoms with Crippen LogP contribution in [-0.4, -0.2) is 33.3 Å². The molecular weight excluding hydrogens is 363 g/mol. The first-order valence-corrected chi connectivity index (χ1v) is 8.56. The number of ether oxygens (including phenoxy) is 1. The summed E-state index contributed by atoms with van der Waals surface area (Å²) in [5, 5.41) is 3.71. The van der Waals surface area contributed by atoms with E-state index in [1.807, 2.05) is 0 Å². The first-order chi connectivity index (χ1) is 12.6. The van der Waals surface area contributed by atoms with Crippen LogP contribution in [0.5, 0.6) is 0 Å².